The van der Waals surface area contributed by atoms with Crippen molar-refractivity contribution in [2.45, 2.75) is 0 Å². The molecule has 2 heteroatoms. The standard InChI is InChI=1S/C6H5NO/c1-6(5-7)3-2-4-8/h2-4H,1H2. The molecule has 0 aliphatic carbocycles. The molecule has 0 fully saturated rings. The Balaban J connectivity index is 3.75. The predicted octanol–water partition coefficient (Wildman–Crippen LogP) is 0.821. The lowest BCUT2D eigenvalue weighted by Crippen LogP contribution is -1.65. The Bertz CT molecular complexity index is 162. The highest BCUT2D eigenvalue weighted by molar-refractivity contribution is 5.66. The van der Waals surface area contributed by atoms with Gasteiger partial charge in [-0.3, -0.25) is 4.79 Å². The molecule has 0 amide bonds. The number of nitrogens with zero attached hydrogens (tertiary/aromatic N) is 1. The van der Waals surface area contributed by atoms with E-state index in [1.165, 1.54) is 12.2 Å². The van der Waals surface area contributed by atoms with E-state index in [0.29, 0.717) is 6.29 Å². The van der Waals surface area contributed by atoms with Gasteiger partial charge in [0.1, 0.15) is 6.29 Å². The maximum atomic E-state index is 9.59. The van der Waals surface area contributed by atoms with E-state index < -0.39 is 0 Å². The van der Waals surface area contributed by atoms with Crippen molar-refractivity contribution in [1.29, 1.82) is 5.26 Å². The Labute approximate surface area is 47.7 Å². The first kappa shape index (κ1) is 6.64. The van der Waals surface area contributed by atoms with Gasteiger partial charge in [-0.2, -0.15) is 5.26 Å². The average molecular weight is 107 g/mol. The Morgan fingerprint density at radius 1 is 1.75 bits per heavy atom. The van der Waals surface area contributed by atoms with Crippen LogP contribution in [0.1, 0.15) is 0 Å². The molecule has 2 nitrogen and oxygen atoms in total. The van der Waals surface area contributed by atoms with Crippen LogP contribution in [0.4, 0.5) is 0 Å². The van der Waals surface area contributed by atoms with Gasteiger partial charge >= 0.3 is 0 Å². The first-order valence-corrected chi connectivity index (χ1v) is 2.02. The molecule has 0 atom stereocenters. The van der Waals surface area contributed by atoms with Crippen LogP contribution in [0.3, 0.4) is 0 Å². The number of hydrogen-bond donors (Lipinski definition) is 0. The van der Waals surface area contributed by atoms with Gasteiger partial charge in [0.05, 0.1) is 6.07 Å². The van der Waals surface area contributed by atoms with Crippen molar-refractivity contribution in [1.82, 2.24) is 0 Å². The van der Waals surface area contributed by atoms with Crippen LogP contribution in [0.25, 0.3) is 0 Å². The summed E-state index contributed by atoms with van der Waals surface area (Å²) in [5.41, 5.74) is 0.289. The van der Waals surface area contributed by atoms with Crippen LogP contribution in [0.2, 0.25) is 0 Å². The summed E-state index contributed by atoms with van der Waals surface area (Å²) in [7, 11) is 0. The summed E-state index contributed by atoms with van der Waals surface area (Å²) >= 11 is 0. The molecule has 0 radical (unpaired) electrons. The third kappa shape index (κ3) is 2.86. The second-order valence-electron chi connectivity index (χ2n) is 1.13. The highest BCUT2D eigenvalue weighted by atomic mass is 16.1. The summed E-state index contributed by atoms with van der Waals surface area (Å²) < 4.78 is 0. The number of nitriles is 1. The summed E-state index contributed by atoms with van der Waals surface area (Å²) in [5.74, 6) is 0. The second kappa shape index (κ2) is 3.82. The van der Waals surface area contributed by atoms with E-state index in [4.69, 9.17) is 5.26 Å². The van der Waals surface area contributed by atoms with E-state index in [1.807, 2.05) is 0 Å². The zero-order valence-corrected chi connectivity index (χ0v) is 4.29. The molecule has 0 aromatic heterocycles. The van der Waals surface area contributed by atoms with Crippen LogP contribution in [0.5, 0.6) is 0 Å². The van der Waals surface area contributed by atoms with E-state index in [9.17, 15) is 4.79 Å². The molecule has 0 spiro atoms. The lowest BCUT2D eigenvalue weighted by Gasteiger charge is -1.72. The van der Waals surface area contributed by atoms with Crippen molar-refractivity contribution >= 4 is 6.29 Å². The second-order valence-corrected chi connectivity index (χ2v) is 1.13. The summed E-state index contributed by atoms with van der Waals surface area (Å²) in [5, 5.41) is 8.04. The normalized spacial score (nSPS) is 8.38. The Hall–Kier alpha value is -1.36. The summed E-state index contributed by atoms with van der Waals surface area (Å²) in [6.07, 6.45) is 3.18. The quantitative estimate of drug-likeness (QED) is 0.227. The lowest BCUT2D eigenvalue weighted by atomic mass is 10.3. The van der Waals surface area contributed by atoms with Crippen molar-refractivity contribution in [2.24, 2.45) is 0 Å². The zero-order valence-electron chi connectivity index (χ0n) is 4.29. The lowest BCUT2D eigenvalue weighted by molar-refractivity contribution is -0.104. The third-order valence-corrected chi connectivity index (χ3v) is 0.520. The Kier molecular flexibility index (Phi) is 3.17. The average Bonchev–Trinajstić information content (AvgIpc) is 1.83. The fraction of sp³-hybridized carbons (Fsp3) is 0. The van der Waals surface area contributed by atoms with Crippen molar-refractivity contribution < 1.29 is 4.79 Å². The molecule has 0 heterocycles. The first-order chi connectivity index (χ1) is 3.81. The van der Waals surface area contributed by atoms with E-state index in [0.717, 1.165) is 0 Å². The molecule has 0 N–H and O–H groups in total. The molecule has 0 saturated carbocycles. The fourth-order valence-electron chi connectivity index (χ4n) is 0.193. The van der Waals surface area contributed by atoms with E-state index in [2.05, 4.69) is 6.58 Å². The predicted molar refractivity (Wildman–Crippen MR) is 30.0 cm³/mol. The highest BCUT2D eigenvalue weighted by Crippen LogP contribution is 1.85. The molecule has 0 aromatic rings. The van der Waals surface area contributed by atoms with Gasteiger partial charge in [0.25, 0.3) is 0 Å². The molecule has 40 valence electrons. The summed E-state index contributed by atoms with van der Waals surface area (Å²) in [6, 6.07) is 1.76. The van der Waals surface area contributed by atoms with Crippen LogP contribution < -0.4 is 0 Å². The van der Waals surface area contributed by atoms with Crippen molar-refractivity contribution in [3.05, 3.63) is 24.3 Å². The van der Waals surface area contributed by atoms with Gasteiger partial charge in [-0.25, -0.2) is 0 Å². The number of hydrogen-bond acceptors (Lipinski definition) is 2. The van der Waals surface area contributed by atoms with Crippen LogP contribution in [-0.2, 0) is 4.79 Å². The monoisotopic (exact) mass is 107 g/mol. The van der Waals surface area contributed by atoms with Gasteiger partial charge in [-0.1, -0.05) is 6.58 Å². The molecule has 0 saturated heterocycles. The molecule has 8 heavy (non-hydrogen) atoms. The molecular formula is C6H5NO. The maximum Gasteiger partial charge on any atom is 0.142 e. The van der Waals surface area contributed by atoms with Gasteiger partial charge in [-0.05, 0) is 12.2 Å². The van der Waals surface area contributed by atoms with Crippen LogP contribution in [0.15, 0.2) is 24.3 Å². The minimum Gasteiger partial charge on any atom is -0.299 e. The van der Waals surface area contributed by atoms with Crippen molar-refractivity contribution in [3.63, 3.8) is 0 Å². The van der Waals surface area contributed by atoms with Gasteiger partial charge in [0.2, 0.25) is 0 Å². The van der Waals surface area contributed by atoms with Gasteiger partial charge in [0, 0.05) is 5.57 Å². The highest BCUT2D eigenvalue weighted by Gasteiger charge is 1.76. The SMILES string of the molecule is C=C(C#N)C=CC=O. The molecule has 0 unspecified atom stereocenters. The van der Waals surface area contributed by atoms with E-state index in [1.54, 1.807) is 6.07 Å². The molecule has 0 rings (SSSR count). The zero-order chi connectivity index (χ0) is 6.41. The minimum absolute atomic E-state index is 0.289. The number of rotatable bonds is 2. The molecule has 0 aliphatic rings. The first-order valence-electron chi connectivity index (χ1n) is 2.02. The minimum atomic E-state index is 0.289. The maximum absolute atomic E-state index is 9.59. The van der Waals surface area contributed by atoms with Crippen molar-refractivity contribution in [2.75, 3.05) is 0 Å². The van der Waals surface area contributed by atoms with Crippen LogP contribution >= 0.6 is 0 Å². The number of carbonyl (C=O) groups excluding carboxylic acids is 1. The summed E-state index contributed by atoms with van der Waals surface area (Å²) in [4.78, 5) is 9.59. The number of aldehydes is 1. The Morgan fingerprint density at radius 3 is 2.75 bits per heavy atom. The number of carbonyl (C=O) groups is 1. The number of allylic oxidation sites excluding steroid dienone is 3. The van der Waals surface area contributed by atoms with E-state index >= 15 is 0 Å². The van der Waals surface area contributed by atoms with E-state index in [-0.39, 0.29) is 5.57 Å². The molecule has 0 aliphatic heterocycles. The molecule has 0 aromatic carbocycles. The van der Waals surface area contributed by atoms with Crippen molar-refractivity contribution in [3.8, 4) is 6.07 Å². The summed E-state index contributed by atoms with van der Waals surface area (Å²) in [6.45, 7) is 3.30. The molecule has 0 bridgehead atoms. The van der Waals surface area contributed by atoms with Gasteiger partial charge in [-0.15, -0.1) is 0 Å². The van der Waals surface area contributed by atoms with Gasteiger partial charge < -0.3 is 0 Å². The molecular weight excluding hydrogens is 102 g/mol. The largest absolute Gasteiger partial charge is 0.299 e. The topological polar surface area (TPSA) is 40.9 Å². The fourth-order valence-corrected chi connectivity index (χ4v) is 0.193. The Morgan fingerprint density at radius 2 is 2.38 bits per heavy atom. The van der Waals surface area contributed by atoms with Gasteiger partial charge in [0.15, 0.2) is 0 Å². The third-order valence-electron chi connectivity index (χ3n) is 0.520. The smallest absolute Gasteiger partial charge is 0.142 e. The van der Waals surface area contributed by atoms with Crippen LogP contribution in [-0.4, -0.2) is 6.29 Å². The van der Waals surface area contributed by atoms with Crippen LogP contribution in [0, 0.1) is 11.3 Å².